The normalized spacial score (nSPS) is 10.9. The lowest BCUT2D eigenvalue weighted by Crippen LogP contribution is -2.21. The molecule has 0 radical (unpaired) electrons. The molecule has 0 aliphatic heterocycles. The van der Waals surface area contributed by atoms with E-state index < -0.39 is 0 Å². The number of aryl methyl sites for hydroxylation is 3. The average molecular weight is 233 g/mol. The van der Waals surface area contributed by atoms with Crippen LogP contribution in [0.15, 0.2) is 12.1 Å². The lowest BCUT2D eigenvalue weighted by atomic mass is 10.0. The zero-order valence-electron chi connectivity index (χ0n) is 11.6. The summed E-state index contributed by atoms with van der Waals surface area (Å²) < 4.78 is 0. The summed E-state index contributed by atoms with van der Waals surface area (Å²) in [7, 11) is 2.07. The molecule has 1 rings (SSSR count). The third-order valence-electron chi connectivity index (χ3n) is 3.24. The first-order valence-corrected chi connectivity index (χ1v) is 6.15. The van der Waals surface area contributed by atoms with Crippen molar-refractivity contribution in [3.05, 3.63) is 34.4 Å². The Hall–Kier alpha value is -1.15. The van der Waals surface area contributed by atoms with Gasteiger partial charge in [0.05, 0.1) is 0 Å². The Bertz CT molecular complexity index is 410. The average Bonchev–Trinajstić information content (AvgIpc) is 2.23. The van der Waals surface area contributed by atoms with Gasteiger partial charge in [0.25, 0.3) is 0 Å². The maximum Gasteiger partial charge on any atom is 0.131 e. The minimum absolute atomic E-state index is 0.258. The van der Waals surface area contributed by atoms with E-state index in [1.807, 2.05) is 0 Å². The summed E-state index contributed by atoms with van der Waals surface area (Å²) in [4.78, 5) is 13.1. The molecule has 0 bridgehead atoms. The van der Waals surface area contributed by atoms with Crippen molar-refractivity contribution in [2.75, 3.05) is 13.6 Å². The van der Waals surface area contributed by atoms with Crippen molar-refractivity contribution in [2.45, 2.75) is 40.7 Å². The molecule has 0 aliphatic carbocycles. The van der Waals surface area contributed by atoms with Gasteiger partial charge < -0.3 is 4.90 Å². The monoisotopic (exact) mass is 233 g/mol. The molecular formula is C15H23NO. The zero-order chi connectivity index (χ0) is 13.0. The number of hydrogen-bond acceptors (Lipinski definition) is 2. The highest BCUT2D eigenvalue weighted by Crippen LogP contribution is 2.16. The van der Waals surface area contributed by atoms with Crippen molar-refractivity contribution in [2.24, 2.45) is 0 Å². The highest BCUT2D eigenvalue weighted by molar-refractivity contribution is 5.75. The molecule has 0 amide bonds. The van der Waals surface area contributed by atoms with Crippen LogP contribution in [0.25, 0.3) is 0 Å². The molecule has 2 heteroatoms. The summed E-state index contributed by atoms with van der Waals surface area (Å²) >= 11 is 0. The van der Waals surface area contributed by atoms with E-state index in [2.05, 4.69) is 44.9 Å². The Kier molecular flexibility index (Phi) is 4.88. The Morgan fingerprint density at radius 1 is 1.12 bits per heavy atom. The summed E-state index contributed by atoms with van der Waals surface area (Å²) in [6.07, 6.45) is 0.639. The third-order valence-corrected chi connectivity index (χ3v) is 3.24. The molecular weight excluding hydrogens is 210 g/mol. The molecule has 0 unspecified atom stereocenters. The van der Waals surface area contributed by atoms with Gasteiger partial charge >= 0.3 is 0 Å². The van der Waals surface area contributed by atoms with Crippen molar-refractivity contribution >= 4 is 5.78 Å². The van der Waals surface area contributed by atoms with E-state index in [4.69, 9.17) is 0 Å². The molecule has 0 spiro atoms. The van der Waals surface area contributed by atoms with E-state index >= 15 is 0 Å². The standard InChI is InChI=1S/C15H23NO/c1-11-8-13(3)15(9-12(11)2)10-16(5)7-6-14(4)17/h8-9H,6-7,10H2,1-5H3. The molecule has 0 saturated heterocycles. The van der Waals surface area contributed by atoms with Crippen molar-refractivity contribution in [1.82, 2.24) is 4.90 Å². The number of nitrogens with zero attached hydrogens (tertiary/aromatic N) is 1. The Labute approximate surface area is 105 Å². The van der Waals surface area contributed by atoms with E-state index in [-0.39, 0.29) is 5.78 Å². The quantitative estimate of drug-likeness (QED) is 0.779. The van der Waals surface area contributed by atoms with Crippen molar-refractivity contribution in [1.29, 1.82) is 0 Å². The Balaban J connectivity index is 2.68. The van der Waals surface area contributed by atoms with Crippen molar-refractivity contribution in [3.63, 3.8) is 0 Å². The van der Waals surface area contributed by atoms with E-state index in [1.54, 1.807) is 6.92 Å². The van der Waals surface area contributed by atoms with Gasteiger partial charge in [0.1, 0.15) is 5.78 Å². The van der Waals surface area contributed by atoms with E-state index in [1.165, 1.54) is 22.3 Å². The molecule has 1 aromatic carbocycles. The molecule has 0 atom stereocenters. The number of rotatable bonds is 5. The van der Waals surface area contributed by atoms with Gasteiger partial charge in [-0.2, -0.15) is 0 Å². The van der Waals surface area contributed by atoms with Gasteiger partial charge in [-0.05, 0) is 57.0 Å². The lowest BCUT2D eigenvalue weighted by molar-refractivity contribution is -0.117. The van der Waals surface area contributed by atoms with E-state index in [0.717, 1.165) is 13.1 Å². The number of hydrogen-bond donors (Lipinski definition) is 0. The minimum Gasteiger partial charge on any atom is -0.302 e. The van der Waals surface area contributed by atoms with Crippen LogP contribution < -0.4 is 0 Å². The molecule has 94 valence electrons. The summed E-state index contributed by atoms with van der Waals surface area (Å²) in [6.45, 7) is 9.84. The van der Waals surface area contributed by atoms with Gasteiger partial charge in [-0.25, -0.2) is 0 Å². The van der Waals surface area contributed by atoms with Crippen molar-refractivity contribution < 1.29 is 4.79 Å². The van der Waals surface area contributed by atoms with Crippen LogP contribution in [-0.4, -0.2) is 24.3 Å². The van der Waals surface area contributed by atoms with Gasteiger partial charge in [0, 0.05) is 19.5 Å². The molecule has 1 aromatic rings. The second-order valence-electron chi connectivity index (χ2n) is 5.05. The molecule has 0 aromatic heterocycles. The van der Waals surface area contributed by atoms with Crippen LogP contribution in [0.5, 0.6) is 0 Å². The summed E-state index contributed by atoms with van der Waals surface area (Å²) in [5.74, 6) is 0.258. The highest BCUT2D eigenvalue weighted by atomic mass is 16.1. The van der Waals surface area contributed by atoms with Crippen molar-refractivity contribution in [3.8, 4) is 0 Å². The first-order valence-electron chi connectivity index (χ1n) is 6.15. The first kappa shape index (κ1) is 13.9. The van der Waals surface area contributed by atoms with E-state index in [0.29, 0.717) is 6.42 Å². The maximum atomic E-state index is 10.9. The number of Topliss-reactive ketones (excluding diaryl/α,β-unsaturated/α-hetero) is 1. The highest BCUT2D eigenvalue weighted by Gasteiger charge is 2.06. The molecule has 0 saturated carbocycles. The SMILES string of the molecule is CC(=O)CCN(C)Cc1cc(C)c(C)cc1C. The van der Waals surface area contributed by atoms with Gasteiger partial charge in [0.15, 0.2) is 0 Å². The van der Waals surface area contributed by atoms with Crippen LogP contribution in [0.3, 0.4) is 0 Å². The molecule has 17 heavy (non-hydrogen) atoms. The van der Waals surface area contributed by atoms with Crippen LogP contribution >= 0.6 is 0 Å². The minimum atomic E-state index is 0.258. The predicted molar refractivity (Wildman–Crippen MR) is 72.3 cm³/mol. The molecule has 0 aliphatic rings. The van der Waals surface area contributed by atoms with Gasteiger partial charge in [0.2, 0.25) is 0 Å². The topological polar surface area (TPSA) is 20.3 Å². The fourth-order valence-corrected chi connectivity index (χ4v) is 1.91. The van der Waals surface area contributed by atoms with E-state index in [9.17, 15) is 4.79 Å². The summed E-state index contributed by atoms with van der Waals surface area (Å²) in [5, 5.41) is 0. The van der Waals surface area contributed by atoms with Crippen LogP contribution in [0.1, 0.15) is 35.6 Å². The number of carbonyl (C=O) groups excluding carboxylic acids is 1. The smallest absolute Gasteiger partial charge is 0.131 e. The second kappa shape index (κ2) is 5.97. The van der Waals surface area contributed by atoms with Crippen LogP contribution in [0.4, 0.5) is 0 Å². The summed E-state index contributed by atoms with van der Waals surface area (Å²) in [6, 6.07) is 4.50. The molecule has 0 N–H and O–H groups in total. The number of benzene rings is 1. The summed E-state index contributed by atoms with van der Waals surface area (Å²) in [5.41, 5.74) is 5.38. The predicted octanol–water partition coefficient (Wildman–Crippen LogP) is 3.02. The largest absolute Gasteiger partial charge is 0.302 e. The Morgan fingerprint density at radius 2 is 1.71 bits per heavy atom. The molecule has 0 heterocycles. The maximum absolute atomic E-state index is 10.9. The molecule has 0 fully saturated rings. The third kappa shape index (κ3) is 4.31. The second-order valence-corrected chi connectivity index (χ2v) is 5.05. The fourth-order valence-electron chi connectivity index (χ4n) is 1.91. The number of carbonyl (C=O) groups is 1. The first-order chi connectivity index (χ1) is 7.90. The van der Waals surface area contributed by atoms with Gasteiger partial charge in [-0.1, -0.05) is 12.1 Å². The zero-order valence-corrected chi connectivity index (χ0v) is 11.6. The van der Waals surface area contributed by atoms with Crippen LogP contribution in [-0.2, 0) is 11.3 Å². The van der Waals surface area contributed by atoms with Crippen LogP contribution in [0.2, 0.25) is 0 Å². The fraction of sp³-hybridized carbons (Fsp3) is 0.533. The molecule has 2 nitrogen and oxygen atoms in total. The van der Waals surface area contributed by atoms with Gasteiger partial charge in [-0.3, -0.25) is 4.79 Å². The number of ketones is 1. The Morgan fingerprint density at radius 3 is 2.29 bits per heavy atom. The lowest BCUT2D eigenvalue weighted by Gasteiger charge is -2.18. The van der Waals surface area contributed by atoms with Gasteiger partial charge in [-0.15, -0.1) is 0 Å². The van der Waals surface area contributed by atoms with Crippen LogP contribution in [0, 0.1) is 20.8 Å².